The first-order valence-electron chi connectivity index (χ1n) is 13.2. The van der Waals surface area contributed by atoms with Gasteiger partial charge in [0.05, 0.1) is 19.4 Å². The number of amides is 1. The van der Waals surface area contributed by atoms with Crippen LogP contribution in [0, 0.1) is 5.92 Å². The molecule has 4 aromatic rings. The zero-order chi connectivity index (χ0) is 26.5. The van der Waals surface area contributed by atoms with Gasteiger partial charge in [0, 0.05) is 18.8 Å². The molecule has 0 atom stereocenters. The standard InChI is InChI=1S/C31H33N3O4/c1-3-38-30(35)18-21-8-10-22(11-9-21)23-12-14-24(15-13-23)25-16-17-29-32-27(20-34(29)19-25)31(36)33-26-6-4-5-7-28(26)37-2/h4-7,12-17,19-22H,3,8-11,18H2,1-2H3,(H,33,36). The molecule has 0 spiro atoms. The Hall–Kier alpha value is -4.13. The highest BCUT2D eigenvalue weighted by molar-refractivity contribution is 6.04. The molecule has 1 N–H and O–H groups in total. The van der Waals surface area contributed by atoms with Gasteiger partial charge in [-0.2, -0.15) is 0 Å². The van der Waals surface area contributed by atoms with Gasteiger partial charge in [-0.25, -0.2) is 4.98 Å². The maximum Gasteiger partial charge on any atom is 0.306 e. The van der Waals surface area contributed by atoms with Crippen molar-refractivity contribution < 1.29 is 19.1 Å². The Kier molecular flexibility index (Phi) is 7.73. The van der Waals surface area contributed by atoms with Crippen molar-refractivity contribution in [2.75, 3.05) is 19.0 Å². The van der Waals surface area contributed by atoms with Crippen LogP contribution in [0.25, 0.3) is 16.8 Å². The largest absolute Gasteiger partial charge is 0.495 e. The number of fused-ring (bicyclic) bond motifs is 1. The average Bonchev–Trinajstić information content (AvgIpc) is 3.38. The summed E-state index contributed by atoms with van der Waals surface area (Å²) < 4.78 is 12.3. The molecule has 1 saturated carbocycles. The van der Waals surface area contributed by atoms with Crippen LogP contribution >= 0.6 is 0 Å². The molecule has 0 radical (unpaired) electrons. The van der Waals surface area contributed by atoms with E-state index in [1.165, 1.54) is 5.56 Å². The first-order chi connectivity index (χ1) is 18.5. The molecular weight excluding hydrogens is 478 g/mol. The van der Waals surface area contributed by atoms with Crippen LogP contribution in [0.1, 0.15) is 61.0 Å². The minimum Gasteiger partial charge on any atom is -0.495 e. The number of aromatic nitrogens is 2. The number of nitrogens with zero attached hydrogens (tertiary/aromatic N) is 2. The summed E-state index contributed by atoms with van der Waals surface area (Å²) in [5.41, 5.74) is 5.15. The molecule has 0 unspecified atom stereocenters. The van der Waals surface area contributed by atoms with Crippen LogP contribution in [-0.2, 0) is 9.53 Å². The van der Waals surface area contributed by atoms with Crippen molar-refractivity contribution in [3.05, 3.63) is 84.3 Å². The fourth-order valence-corrected chi connectivity index (χ4v) is 5.31. The number of para-hydroxylation sites is 2. The molecule has 1 aliphatic rings. The van der Waals surface area contributed by atoms with Gasteiger partial charge in [0.1, 0.15) is 17.1 Å². The Morgan fingerprint density at radius 2 is 1.68 bits per heavy atom. The monoisotopic (exact) mass is 511 g/mol. The van der Waals surface area contributed by atoms with Crippen LogP contribution in [0.15, 0.2) is 73.1 Å². The maximum atomic E-state index is 12.8. The highest BCUT2D eigenvalue weighted by Gasteiger charge is 2.24. The molecule has 0 aliphatic heterocycles. The zero-order valence-corrected chi connectivity index (χ0v) is 21.9. The van der Waals surface area contributed by atoms with Crippen molar-refractivity contribution in [2.24, 2.45) is 5.92 Å². The predicted molar refractivity (Wildman–Crippen MR) is 148 cm³/mol. The van der Waals surface area contributed by atoms with E-state index in [1.54, 1.807) is 25.4 Å². The van der Waals surface area contributed by atoms with Gasteiger partial charge in [-0.05, 0) is 85.4 Å². The summed E-state index contributed by atoms with van der Waals surface area (Å²) in [6, 6.07) is 20.0. The molecule has 1 fully saturated rings. The van der Waals surface area contributed by atoms with E-state index < -0.39 is 0 Å². The lowest BCUT2D eigenvalue weighted by Crippen LogP contribution is -2.17. The fraction of sp³-hybridized carbons (Fsp3) is 0.323. The number of carbonyl (C=O) groups is 2. The summed E-state index contributed by atoms with van der Waals surface area (Å²) in [5, 5.41) is 2.88. The number of anilines is 1. The topological polar surface area (TPSA) is 81.9 Å². The van der Waals surface area contributed by atoms with E-state index in [2.05, 4.69) is 34.6 Å². The van der Waals surface area contributed by atoms with Gasteiger partial charge >= 0.3 is 5.97 Å². The van der Waals surface area contributed by atoms with Gasteiger partial charge in [0.15, 0.2) is 0 Å². The second-order valence-corrected chi connectivity index (χ2v) is 9.81. The number of carbonyl (C=O) groups excluding carboxylic acids is 2. The molecule has 7 heteroatoms. The minimum atomic E-state index is -0.291. The quantitative estimate of drug-likeness (QED) is 0.274. The third kappa shape index (κ3) is 5.72. The molecule has 1 aliphatic carbocycles. The molecule has 196 valence electrons. The van der Waals surface area contributed by atoms with Crippen LogP contribution in [-0.4, -0.2) is 35.0 Å². The van der Waals surface area contributed by atoms with Gasteiger partial charge in [-0.3, -0.25) is 9.59 Å². The number of hydrogen-bond donors (Lipinski definition) is 1. The Morgan fingerprint density at radius 1 is 0.947 bits per heavy atom. The van der Waals surface area contributed by atoms with Crippen molar-refractivity contribution in [1.82, 2.24) is 9.38 Å². The number of benzene rings is 2. The Labute approximate surface area is 222 Å². The van der Waals surface area contributed by atoms with Crippen LogP contribution in [0.2, 0.25) is 0 Å². The molecule has 0 bridgehead atoms. The number of nitrogens with one attached hydrogen (secondary N) is 1. The van der Waals surface area contributed by atoms with Crippen LogP contribution in [0.3, 0.4) is 0 Å². The summed E-state index contributed by atoms with van der Waals surface area (Å²) in [4.78, 5) is 29.1. The summed E-state index contributed by atoms with van der Waals surface area (Å²) in [6.45, 7) is 2.31. The SMILES string of the molecule is CCOC(=O)CC1CCC(c2ccc(-c3ccc4nc(C(=O)Nc5ccccc5OC)cn4c3)cc2)CC1. The van der Waals surface area contributed by atoms with E-state index in [4.69, 9.17) is 9.47 Å². The molecule has 2 heterocycles. The molecule has 2 aromatic heterocycles. The van der Waals surface area contributed by atoms with E-state index >= 15 is 0 Å². The minimum absolute atomic E-state index is 0.0701. The number of rotatable bonds is 8. The maximum absolute atomic E-state index is 12.8. The normalized spacial score (nSPS) is 17.2. The second-order valence-electron chi connectivity index (χ2n) is 9.81. The first-order valence-corrected chi connectivity index (χ1v) is 13.2. The number of pyridine rings is 1. The van der Waals surface area contributed by atoms with E-state index in [1.807, 2.05) is 41.8 Å². The van der Waals surface area contributed by atoms with Crippen LogP contribution < -0.4 is 10.1 Å². The molecular formula is C31H33N3O4. The van der Waals surface area contributed by atoms with Crippen molar-refractivity contribution in [3.8, 4) is 16.9 Å². The number of esters is 1. The lowest BCUT2D eigenvalue weighted by atomic mass is 9.77. The lowest BCUT2D eigenvalue weighted by molar-refractivity contribution is -0.144. The van der Waals surface area contributed by atoms with Crippen LogP contribution in [0.4, 0.5) is 5.69 Å². The van der Waals surface area contributed by atoms with Crippen molar-refractivity contribution in [1.29, 1.82) is 0 Å². The lowest BCUT2D eigenvalue weighted by Gasteiger charge is -2.28. The highest BCUT2D eigenvalue weighted by Crippen LogP contribution is 2.37. The number of imidazole rings is 1. The van der Waals surface area contributed by atoms with Gasteiger partial charge in [-0.1, -0.05) is 36.4 Å². The Bertz CT molecular complexity index is 1420. The van der Waals surface area contributed by atoms with Crippen molar-refractivity contribution in [2.45, 2.75) is 44.9 Å². The van der Waals surface area contributed by atoms with Crippen LogP contribution in [0.5, 0.6) is 5.75 Å². The number of methoxy groups -OCH3 is 1. The number of hydrogen-bond acceptors (Lipinski definition) is 5. The van der Waals surface area contributed by atoms with Gasteiger partial charge in [0.2, 0.25) is 0 Å². The average molecular weight is 512 g/mol. The Balaban J connectivity index is 1.24. The highest BCUT2D eigenvalue weighted by atomic mass is 16.5. The molecule has 2 aromatic carbocycles. The summed E-state index contributed by atoms with van der Waals surface area (Å²) in [5.74, 6) is 1.21. The van der Waals surface area contributed by atoms with E-state index in [9.17, 15) is 9.59 Å². The van der Waals surface area contributed by atoms with Gasteiger partial charge in [0.25, 0.3) is 5.91 Å². The summed E-state index contributed by atoms with van der Waals surface area (Å²) >= 11 is 0. The van der Waals surface area contributed by atoms with Gasteiger partial charge in [-0.15, -0.1) is 0 Å². The summed E-state index contributed by atoms with van der Waals surface area (Å²) in [6.07, 6.45) is 8.61. The summed E-state index contributed by atoms with van der Waals surface area (Å²) in [7, 11) is 1.57. The molecule has 0 saturated heterocycles. The second kappa shape index (κ2) is 11.5. The predicted octanol–water partition coefficient (Wildman–Crippen LogP) is 6.49. The Morgan fingerprint density at radius 3 is 2.42 bits per heavy atom. The molecule has 5 rings (SSSR count). The van der Waals surface area contributed by atoms with E-state index in [-0.39, 0.29) is 11.9 Å². The molecule has 1 amide bonds. The molecule has 38 heavy (non-hydrogen) atoms. The van der Waals surface area contributed by atoms with E-state index in [0.29, 0.717) is 47.6 Å². The third-order valence-electron chi connectivity index (χ3n) is 7.36. The smallest absolute Gasteiger partial charge is 0.306 e. The fourth-order valence-electron chi connectivity index (χ4n) is 5.31. The first kappa shape index (κ1) is 25.5. The van der Waals surface area contributed by atoms with Crippen molar-refractivity contribution in [3.63, 3.8) is 0 Å². The zero-order valence-electron chi connectivity index (χ0n) is 21.9. The molecule has 7 nitrogen and oxygen atoms in total. The van der Waals surface area contributed by atoms with E-state index in [0.717, 1.165) is 36.8 Å². The number of ether oxygens (including phenoxy) is 2. The third-order valence-corrected chi connectivity index (χ3v) is 7.36. The van der Waals surface area contributed by atoms with Gasteiger partial charge < -0.3 is 19.2 Å². The van der Waals surface area contributed by atoms with Crippen molar-refractivity contribution >= 4 is 23.2 Å².